The predicted molar refractivity (Wildman–Crippen MR) is 152 cm³/mol. The molecule has 0 saturated heterocycles. The molecule has 12 heteroatoms. The lowest BCUT2D eigenvalue weighted by atomic mass is 9.95. The number of esters is 1. The fourth-order valence-electron chi connectivity index (χ4n) is 4.03. The lowest BCUT2D eigenvalue weighted by Crippen LogP contribution is -2.45. The zero-order valence-electron chi connectivity index (χ0n) is 24.0. The van der Waals surface area contributed by atoms with E-state index in [1.54, 1.807) is 44.5 Å². The minimum atomic E-state index is -1.13. The third-order valence-corrected chi connectivity index (χ3v) is 6.05. The first-order chi connectivity index (χ1) is 19.8. The van der Waals surface area contributed by atoms with Gasteiger partial charge in [-0.25, -0.2) is 9.59 Å². The maximum Gasteiger partial charge on any atom is 0.337 e. The minimum Gasteiger partial charge on any atom is -0.493 e. The molecule has 1 aliphatic rings. The Balaban J connectivity index is 1.65. The third-order valence-electron chi connectivity index (χ3n) is 6.05. The predicted octanol–water partition coefficient (Wildman–Crippen LogP) is 3.39. The number of hydrazone groups is 1. The number of hydrogen-bond donors (Lipinski definition) is 4. The van der Waals surface area contributed by atoms with E-state index in [0.29, 0.717) is 47.5 Å². The summed E-state index contributed by atoms with van der Waals surface area (Å²) in [5.74, 6) is 1.43. The number of nitrogens with zero attached hydrogens (tertiary/aromatic N) is 1. The van der Waals surface area contributed by atoms with E-state index in [1.165, 1.54) is 7.11 Å². The number of benzene rings is 2. The van der Waals surface area contributed by atoms with Gasteiger partial charge < -0.3 is 39.4 Å². The number of amides is 2. The van der Waals surface area contributed by atoms with Crippen LogP contribution in [0.1, 0.15) is 50.8 Å². The summed E-state index contributed by atoms with van der Waals surface area (Å²) in [5, 5.41) is 19.8. The molecule has 2 amide bonds. The molecule has 12 nitrogen and oxygen atoms in total. The molecule has 3 rings (SSSR count). The second-order valence-corrected chi connectivity index (χ2v) is 9.03. The first-order valence-electron chi connectivity index (χ1n) is 13.3. The van der Waals surface area contributed by atoms with Crippen molar-refractivity contribution in [2.24, 2.45) is 5.10 Å². The summed E-state index contributed by atoms with van der Waals surface area (Å²) in [7, 11) is 2.85. The number of rotatable bonds is 15. The minimum absolute atomic E-state index is 0.138. The Labute approximate surface area is 239 Å². The Kier molecular flexibility index (Phi) is 11.6. The smallest absolute Gasteiger partial charge is 0.337 e. The van der Waals surface area contributed by atoms with Gasteiger partial charge in [-0.1, -0.05) is 19.4 Å². The van der Waals surface area contributed by atoms with Crippen molar-refractivity contribution < 1.29 is 38.4 Å². The van der Waals surface area contributed by atoms with Gasteiger partial charge >= 0.3 is 12.0 Å². The molecule has 2 aromatic carbocycles. The molecule has 222 valence electrons. The SMILES string of the molecule is CCCCOc1ccc(/C=N\N[C@H](O)COc2ccc([C@@H]3NC(=O)NC(C)=C3C(=O)OC)cc2OCC)cc1OC. The highest BCUT2D eigenvalue weighted by Gasteiger charge is 2.32. The zero-order valence-corrected chi connectivity index (χ0v) is 24.0. The van der Waals surface area contributed by atoms with Crippen LogP contribution in [-0.4, -0.2) is 63.6 Å². The molecule has 1 heterocycles. The molecule has 2 aromatic rings. The van der Waals surface area contributed by atoms with Crippen LogP contribution in [0.25, 0.3) is 0 Å². The number of carbonyl (C=O) groups excluding carboxylic acids is 2. The molecule has 0 fully saturated rings. The number of allylic oxidation sites excluding steroid dienone is 1. The van der Waals surface area contributed by atoms with Gasteiger partial charge in [-0.2, -0.15) is 5.10 Å². The van der Waals surface area contributed by atoms with Gasteiger partial charge in [0, 0.05) is 5.70 Å². The molecule has 0 spiro atoms. The van der Waals surface area contributed by atoms with Crippen LogP contribution in [0.2, 0.25) is 0 Å². The lowest BCUT2D eigenvalue weighted by molar-refractivity contribution is -0.136. The number of aliphatic hydroxyl groups excluding tert-OH is 1. The number of urea groups is 1. The first kappa shape index (κ1) is 31.1. The standard InChI is InChI=1S/C29H38N4O8/c1-6-8-13-40-21-11-9-19(14-23(21)37-4)16-30-33-25(34)17-41-22-12-10-20(15-24(22)39-7-2)27-26(28(35)38-5)18(3)31-29(36)32-27/h9-12,14-16,25,27,33-34H,6-8,13,17H2,1-5H3,(H2,31,32,36)/b30-16-/t25-,27+/m1/s1. The van der Waals surface area contributed by atoms with Gasteiger partial charge in [-0.15, -0.1) is 0 Å². The molecule has 0 bridgehead atoms. The van der Waals surface area contributed by atoms with Gasteiger partial charge in [0.2, 0.25) is 0 Å². The van der Waals surface area contributed by atoms with Crippen molar-refractivity contribution >= 4 is 18.2 Å². The topological polar surface area (TPSA) is 149 Å². The monoisotopic (exact) mass is 570 g/mol. The van der Waals surface area contributed by atoms with Crippen molar-refractivity contribution in [1.82, 2.24) is 16.1 Å². The summed E-state index contributed by atoms with van der Waals surface area (Å²) < 4.78 is 27.6. The first-order valence-corrected chi connectivity index (χ1v) is 13.3. The van der Waals surface area contributed by atoms with Crippen molar-refractivity contribution in [3.05, 3.63) is 58.8 Å². The van der Waals surface area contributed by atoms with E-state index in [1.807, 2.05) is 19.1 Å². The Bertz CT molecular complexity index is 1260. The Morgan fingerprint density at radius 3 is 2.54 bits per heavy atom. The summed E-state index contributed by atoms with van der Waals surface area (Å²) in [6.45, 7) is 6.36. The molecular weight excluding hydrogens is 532 g/mol. The van der Waals surface area contributed by atoms with Crippen LogP contribution >= 0.6 is 0 Å². The second-order valence-electron chi connectivity index (χ2n) is 9.03. The van der Waals surface area contributed by atoms with Crippen LogP contribution in [0.3, 0.4) is 0 Å². The number of unbranched alkanes of at least 4 members (excludes halogenated alkanes) is 1. The van der Waals surface area contributed by atoms with Gasteiger partial charge in [0.15, 0.2) is 29.2 Å². The number of carbonyl (C=O) groups is 2. The maximum atomic E-state index is 12.4. The lowest BCUT2D eigenvalue weighted by Gasteiger charge is -2.28. The molecule has 4 N–H and O–H groups in total. The van der Waals surface area contributed by atoms with Crippen LogP contribution in [0.5, 0.6) is 23.0 Å². The highest BCUT2D eigenvalue weighted by molar-refractivity contribution is 5.95. The summed E-state index contributed by atoms with van der Waals surface area (Å²) in [6.07, 6.45) is 2.41. The van der Waals surface area contributed by atoms with Crippen LogP contribution < -0.4 is 35.0 Å². The van der Waals surface area contributed by atoms with Gasteiger partial charge in [0.1, 0.15) is 6.61 Å². The Morgan fingerprint density at radius 2 is 1.83 bits per heavy atom. The van der Waals surface area contributed by atoms with E-state index in [2.05, 4.69) is 28.1 Å². The number of aliphatic hydroxyl groups is 1. The quantitative estimate of drug-likeness (QED) is 0.0831. The van der Waals surface area contributed by atoms with Crippen LogP contribution in [0, 0.1) is 0 Å². The summed E-state index contributed by atoms with van der Waals surface area (Å²) in [5.41, 5.74) is 4.63. The molecule has 0 aliphatic carbocycles. The molecule has 41 heavy (non-hydrogen) atoms. The van der Waals surface area contributed by atoms with Crippen molar-refractivity contribution in [2.45, 2.75) is 45.9 Å². The average Bonchev–Trinajstić information content (AvgIpc) is 2.96. The van der Waals surface area contributed by atoms with Crippen molar-refractivity contribution in [1.29, 1.82) is 0 Å². The Morgan fingerprint density at radius 1 is 1.07 bits per heavy atom. The largest absolute Gasteiger partial charge is 0.493 e. The zero-order chi connectivity index (χ0) is 29.8. The van der Waals surface area contributed by atoms with Crippen LogP contribution in [-0.2, 0) is 9.53 Å². The highest BCUT2D eigenvalue weighted by Crippen LogP contribution is 2.35. The van der Waals surface area contributed by atoms with Crippen LogP contribution in [0.15, 0.2) is 52.8 Å². The normalized spacial score (nSPS) is 15.6. The van der Waals surface area contributed by atoms with Crippen LogP contribution in [0.4, 0.5) is 4.79 Å². The van der Waals surface area contributed by atoms with E-state index < -0.39 is 24.3 Å². The van der Waals surface area contributed by atoms with Crippen molar-refractivity contribution in [3.63, 3.8) is 0 Å². The van der Waals surface area contributed by atoms with E-state index >= 15 is 0 Å². The molecule has 0 aromatic heterocycles. The third kappa shape index (κ3) is 8.52. The molecule has 0 unspecified atom stereocenters. The molecule has 0 radical (unpaired) electrons. The number of hydrogen-bond acceptors (Lipinski definition) is 10. The molecule has 0 saturated carbocycles. The average molecular weight is 571 g/mol. The number of ether oxygens (including phenoxy) is 5. The summed E-state index contributed by atoms with van der Waals surface area (Å²) >= 11 is 0. The Hall–Kier alpha value is -4.45. The van der Waals surface area contributed by atoms with Gasteiger partial charge in [-0.3, -0.25) is 5.43 Å². The highest BCUT2D eigenvalue weighted by atomic mass is 16.5. The second kappa shape index (κ2) is 15.4. The van der Waals surface area contributed by atoms with Crippen molar-refractivity contribution in [3.8, 4) is 23.0 Å². The molecule has 2 atom stereocenters. The fourth-order valence-corrected chi connectivity index (χ4v) is 4.03. The van der Waals surface area contributed by atoms with E-state index in [0.717, 1.165) is 18.4 Å². The van der Waals surface area contributed by atoms with Gasteiger partial charge in [0.25, 0.3) is 0 Å². The van der Waals surface area contributed by atoms with E-state index in [4.69, 9.17) is 23.7 Å². The van der Waals surface area contributed by atoms with Crippen molar-refractivity contribution in [2.75, 3.05) is 34.0 Å². The number of methoxy groups -OCH3 is 2. The van der Waals surface area contributed by atoms with E-state index in [9.17, 15) is 14.7 Å². The number of nitrogens with one attached hydrogen (secondary N) is 3. The van der Waals surface area contributed by atoms with Gasteiger partial charge in [-0.05, 0) is 61.7 Å². The molecular formula is C29H38N4O8. The summed E-state index contributed by atoms with van der Waals surface area (Å²) in [4.78, 5) is 24.5. The van der Waals surface area contributed by atoms with Gasteiger partial charge in [0.05, 0.1) is 45.3 Å². The summed E-state index contributed by atoms with van der Waals surface area (Å²) in [6, 6.07) is 9.26. The molecule has 1 aliphatic heterocycles. The van der Waals surface area contributed by atoms with E-state index in [-0.39, 0.29) is 12.2 Å². The maximum absolute atomic E-state index is 12.4. The fraction of sp³-hybridized carbons (Fsp3) is 0.414.